The maximum atomic E-state index is 12.5. The zero-order chi connectivity index (χ0) is 22.3. The van der Waals surface area contributed by atoms with Crippen molar-refractivity contribution in [2.45, 2.75) is 49.1 Å². The molecule has 0 amide bonds. The summed E-state index contributed by atoms with van der Waals surface area (Å²) in [6.45, 7) is -0.894. The molecule has 0 spiro atoms. The Balaban J connectivity index is 0.000000386. The number of hydrogen-bond acceptors (Lipinski definition) is 6. The van der Waals surface area contributed by atoms with Crippen molar-refractivity contribution in [2.75, 3.05) is 25.6 Å². The number of nitrogens with one attached hydrogen (secondary N) is 1. The van der Waals surface area contributed by atoms with Crippen molar-refractivity contribution in [2.24, 2.45) is 0 Å². The van der Waals surface area contributed by atoms with Gasteiger partial charge in [-0.25, -0.2) is 13.1 Å². The summed E-state index contributed by atoms with van der Waals surface area (Å²) in [6, 6.07) is 9.05. The van der Waals surface area contributed by atoms with Crippen molar-refractivity contribution in [3.8, 4) is 0 Å². The maximum absolute atomic E-state index is 12.5. The van der Waals surface area contributed by atoms with Crippen molar-refractivity contribution >= 4 is 32.5 Å². The molecule has 8 nitrogen and oxygen atoms in total. The van der Waals surface area contributed by atoms with Crippen molar-refractivity contribution in [3.63, 3.8) is 0 Å². The van der Waals surface area contributed by atoms with Crippen LogP contribution in [0.2, 0.25) is 0 Å². The van der Waals surface area contributed by atoms with Gasteiger partial charge in [-0.1, -0.05) is 30.7 Å². The average molecular weight is 438 g/mol. The van der Waals surface area contributed by atoms with Gasteiger partial charge in [-0.05, 0) is 37.8 Å². The van der Waals surface area contributed by atoms with E-state index in [1.807, 2.05) is 29.8 Å². The number of carbonyl (C=O) groups excluding carboxylic acids is 1. The minimum atomic E-state index is -4.14. The second-order valence-electron chi connectivity index (χ2n) is 7.70. The minimum Gasteiger partial charge on any atom is -0.548 e. The van der Waals surface area contributed by atoms with Gasteiger partial charge in [0.25, 0.3) is 0 Å². The molecule has 1 fully saturated rings. The molecular weight excluding hydrogens is 406 g/mol. The Morgan fingerprint density at radius 2 is 1.77 bits per heavy atom. The first-order valence-electron chi connectivity index (χ1n) is 10.0. The van der Waals surface area contributed by atoms with E-state index in [2.05, 4.69) is 5.73 Å². The quantitative estimate of drug-likeness (QED) is 0.575. The van der Waals surface area contributed by atoms with Gasteiger partial charge in [-0.2, -0.15) is 0 Å². The van der Waals surface area contributed by atoms with Crippen LogP contribution in [-0.4, -0.2) is 52.3 Å². The number of hydrogen-bond donors (Lipinski definition) is 3. The van der Waals surface area contributed by atoms with E-state index in [9.17, 15) is 18.3 Å². The molecular formula is C21H31N3O5S. The van der Waals surface area contributed by atoms with Gasteiger partial charge in [0.05, 0.1) is 29.6 Å². The maximum Gasteiger partial charge on any atom is 0.241 e. The van der Waals surface area contributed by atoms with Gasteiger partial charge in [0, 0.05) is 30.6 Å². The predicted molar refractivity (Wildman–Crippen MR) is 114 cm³/mol. The number of aliphatic hydroxyl groups excluding tert-OH is 1. The van der Waals surface area contributed by atoms with Crippen LogP contribution in [0.15, 0.2) is 41.3 Å². The number of aliphatic carboxylic acids is 1. The zero-order valence-electron chi connectivity index (χ0n) is 17.5. The molecule has 1 atom stereocenters. The number of anilines is 1. The highest BCUT2D eigenvalue weighted by Crippen LogP contribution is 2.30. The standard InChI is InChI=1S/C15H18N2O5S.C6H13N/c1-17(2)13-7-3-6-11-10(13)5-4-8-14(11)23(21,22)16-12(9-18)15(19)20;7-6-4-2-1-3-5-6/h3-8,12,16,18H,9H2,1-2H3,(H,19,20);6H,1-5,7H2. The Morgan fingerprint density at radius 3 is 2.27 bits per heavy atom. The highest BCUT2D eigenvalue weighted by molar-refractivity contribution is 7.89. The number of carbonyl (C=O) groups is 1. The first kappa shape index (κ1) is 24.1. The molecule has 0 aromatic heterocycles. The second-order valence-corrected chi connectivity index (χ2v) is 9.38. The molecule has 0 bridgehead atoms. The number of quaternary nitrogens is 1. The lowest BCUT2D eigenvalue weighted by molar-refractivity contribution is -0.425. The monoisotopic (exact) mass is 437 g/mol. The largest absolute Gasteiger partial charge is 0.548 e. The summed E-state index contributed by atoms with van der Waals surface area (Å²) in [7, 11) is -0.456. The van der Waals surface area contributed by atoms with E-state index in [1.165, 1.54) is 38.2 Å². The minimum absolute atomic E-state index is 0.0570. The molecule has 5 N–H and O–H groups in total. The van der Waals surface area contributed by atoms with E-state index >= 15 is 0 Å². The van der Waals surface area contributed by atoms with Crippen molar-refractivity contribution in [1.82, 2.24) is 4.72 Å². The molecule has 9 heteroatoms. The molecule has 0 radical (unpaired) electrons. The SMILES string of the molecule is CN(C)c1cccc2c(S(=O)(=O)NC(CO)C(=O)[O-])cccc12.[NH3+]C1CCCCC1. The van der Waals surface area contributed by atoms with Crippen LogP contribution in [0.25, 0.3) is 10.8 Å². The lowest BCUT2D eigenvalue weighted by Crippen LogP contribution is -2.61. The number of carboxylic acids is 1. The van der Waals surface area contributed by atoms with Gasteiger partial charge in [0.2, 0.25) is 10.0 Å². The third-order valence-electron chi connectivity index (χ3n) is 5.12. The topological polar surface area (TPSA) is 137 Å². The smallest absolute Gasteiger partial charge is 0.241 e. The Morgan fingerprint density at radius 1 is 1.17 bits per heavy atom. The van der Waals surface area contributed by atoms with Crippen LogP contribution in [0.5, 0.6) is 0 Å². The summed E-state index contributed by atoms with van der Waals surface area (Å²) in [5, 5.41) is 21.0. The van der Waals surface area contributed by atoms with E-state index in [4.69, 9.17) is 5.11 Å². The molecule has 1 aliphatic rings. The summed E-state index contributed by atoms with van der Waals surface area (Å²) >= 11 is 0. The van der Waals surface area contributed by atoms with Crippen molar-refractivity contribution < 1.29 is 29.2 Å². The fourth-order valence-electron chi connectivity index (χ4n) is 3.49. The molecule has 3 rings (SSSR count). The number of sulfonamides is 1. The second kappa shape index (κ2) is 10.7. The van der Waals surface area contributed by atoms with Crippen LogP contribution in [0, 0.1) is 0 Å². The van der Waals surface area contributed by atoms with Gasteiger partial charge >= 0.3 is 0 Å². The summed E-state index contributed by atoms with van der Waals surface area (Å²) in [5.41, 5.74) is 4.83. The molecule has 1 saturated carbocycles. The van der Waals surface area contributed by atoms with Crippen molar-refractivity contribution in [1.29, 1.82) is 0 Å². The van der Waals surface area contributed by atoms with Crippen LogP contribution in [-0.2, 0) is 14.8 Å². The summed E-state index contributed by atoms with van der Waals surface area (Å²) in [5.74, 6) is -1.69. The van der Waals surface area contributed by atoms with Crippen LogP contribution in [0.3, 0.4) is 0 Å². The summed E-state index contributed by atoms with van der Waals surface area (Å²) in [4.78, 5) is 12.6. The van der Waals surface area contributed by atoms with E-state index in [-0.39, 0.29) is 4.90 Å². The fourth-order valence-corrected chi connectivity index (χ4v) is 4.88. The fraction of sp³-hybridized carbons (Fsp3) is 0.476. The van der Waals surface area contributed by atoms with Gasteiger partial charge in [0.15, 0.2) is 0 Å². The number of aliphatic hydroxyl groups is 1. The highest BCUT2D eigenvalue weighted by Gasteiger charge is 2.23. The predicted octanol–water partition coefficient (Wildman–Crippen LogP) is -0.144. The third kappa shape index (κ3) is 6.15. The van der Waals surface area contributed by atoms with Crippen LogP contribution in [0.1, 0.15) is 32.1 Å². The molecule has 0 aliphatic heterocycles. The average Bonchev–Trinajstić information content (AvgIpc) is 2.71. The molecule has 2 aromatic carbocycles. The van der Waals surface area contributed by atoms with Crippen LogP contribution < -0.4 is 20.5 Å². The number of carboxylic acid groups (broad SMARTS) is 1. The molecule has 0 heterocycles. The van der Waals surface area contributed by atoms with E-state index < -0.39 is 28.6 Å². The van der Waals surface area contributed by atoms with Crippen LogP contribution >= 0.6 is 0 Å². The van der Waals surface area contributed by atoms with Gasteiger partial charge in [0.1, 0.15) is 0 Å². The molecule has 2 aromatic rings. The van der Waals surface area contributed by atoms with Crippen molar-refractivity contribution in [3.05, 3.63) is 36.4 Å². The molecule has 1 unspecified atom stereocenters. The molecule has 1 aliphatic carbocycles. The number of nitrogens with zero attached hydrogens (tertiary/aromatic N) is 1. The normalized spacial score (nSPS) is 15.9. The number of benzene rings is 2. The lowest BCUT2D eigenvalue weighted by Gasteiger charge is -2.19. The number of rotatable bonds is 6. The number of fused-ring (bicyclic) bond motifs is 1. The Bertz CT molecular complexity index is 956. The summed E-state index contributed by atoms with van der Waals surface area (Å²) < 4.78 is 26.9. The van der Waals surface area contributed by atoms with Gasteiger partial charge < -0.3 is 25.6 Å². The summed E-state index contributed by atoms with van der Waals surface area (Å²) in [6.07, 6.45) is 7.05. The van der Waals surface area contributed by atoms with Gasteiger partial charge in [-0.3, -0.25) is 0 Å². The molecule has 0 saturated heterocycles. The third-order valence-corrected chi connectivity index (χ3v) is 6.65. The Labute approximate surface area is 177 Å². The van der Waals surface area contributed by atoms with Gasteiger partial charge in [-0.15, -0.1) is 0 Å². The molecule has 30 heavy (non-hydrogen) atoms. The first-order valence-corrected chi connectivity index (χ1v) is 11.5. The van der Waals surface area contributed by atoms with E-state index in [1.54, 1.807) is 24.3 Å². The lowest BCUT2D eigenvalue weighted by atomic mass is 9.97. The molecule has 166 valence electrons. The Hall–Kier alpha value is -2.20. The van der Waals surface area contributed by atoms with Crippen LogP contribution in [0.4, 0.5) is 5.69 Å². The first-order chi connectivity index (χ1) is 14.2. The van der Waals surface area contributed by atoms with E-state index in [0.717, 1.165) is 17.1 Å². The van der Waals surface area contributed by atoms with E-state index in [0.29, 0.717) is 5.39 Å². The Kier molecular flexibility index (Phi) is 8.60. The zero-order valence-corrected chi connectivity index (χ0v) is 18.3. The highest BCUT2D eigenvalue weighted by atomic mass is 32.2.